The van der Waals surface area contributed by atoms with E-state index in [2.05, 4.69) is 56.1 Å². The van der Waals surface area contributed by atoms with E-state index < -0.39 is 0 Å². The van der Waals surface area contributed by atoms with Gasteiger partial charge in [-0.1, -0.05) is 0 Å². The summed E-state index contributed by atoms with van der Waals surface area (Å²) in [7, 11) is 0. The molecule has 0 amide bonds. The van der Waals surface area contributed by atoms with Crippen molar-refractivity contribution in [3.05, 3.63) is 31.8 Å². The van der Waals surface area contributed by atoms with Crippen LogP contribution in [-0.2, 0) is 0 Å². The van der Waals surface area contributed by atoms with E-state index in [-0.39, 0.29) is 0 Å². The average molecular weight is 348 g/mol. The lowest BCUT2D eigenvalue weighted by atomic mass is 10.2. The van der Waals surface area contributed by atoms with Gasteiger partial charge in [-0.25, -0.2) is 0 Å². The summed E-state index contributed by atoms with van der Waals surface area (Å²) in [5, 5.41) is 2.64. The molecule has 0 fully saturated rings. The van der Waals surface area contributed by atoms with E-state index in [9.17, 15) is 0 Å². The summed E-state index contributed by atoms with van der Waals surface area (Å²) in [6, 6.07) is 8.85. The highest BCUT2D eigenvalue weighted by Crippen LogP contribution is 2.37. The van der Waals surface area contributed by atoms with Gasteiger partial charge in [-0.15, -0.1) is 22.7 Å². The first-order valence-electron chi connectivity index (χ1n) is 4.00. The van der Waals surface area contributed by atoms with Gasteiger partial charge in [0.2, 0.25) is 0 Å². The highest BCUT2D eigenvalue weighted by molar-refractivity contribution is 9.11. The Bertz CT molecular complexity index is 519. The van der Waals surface area contributed by atoms with Crippen molar-refractivity contribution in [3.8, 4) is 0 Å². The molecule has 3 rings (SSSR count). The summed E-state index contributed by atoms with van der Waals surface area (Å²) in [5.74, 6) is 0. The Balaban J connectivity index is 2.49. The lowest BCUT2D eigenvalue weighted by Crippen LogP contribution is -1.62. The molecule has 0 saturated carbocycles. The standard InChI is InChI=1S/C10H4Br2S2/c11-9-2-5-1-6-3-10(12)14-8(6)4-7(5)13-9/h1-4H. The molecule has 3 aromatic rings. The van der Waals surface area contributed by atoms with Crippen LogP contribution in [0.5, 0.6) is 0 Å². The molecule has 14 heavy (non-hydrogen) atoms. The Morgan fingerprint density at radius 3 is 1.71 bits per heavy atom. The van der Waals surface area contributed by atoms with Gasteiger partial charge in [-0.2, -0.15) is 0 Å². The van der Waals surface area contributed by atoms with Gasteiger partial charge < -0.3 is 0 Å². The van der Waals surface area contributed by atoms with Gasteiger partial charge in [0.1, 0.15) is 0 Å². The van der Waals surface area contributed by atoms with Gasteiger partial charge >= 0.3 is 0 Å². The van der Waals surface area contributed by atoms with E-state index in [1.807, 2.05) is 0 Å². The second-order valence-electron chi connectivity index (χ2n) is 3.03. The van der Waals surface area contributed by atoms with Crippen LogP contribution in [0.3, 0.4) is 0 Å². The molecule has 0 aliphatic heterocycles. The maximum Gasteiger partial charge on any atom is 0.0711 e. The van der Waals surface area contributed by atoms with Crippen molar-refractivity contribution in [2.75, 3.05) is 0 Å². The fourth-order valence-corrected chi connectivity index (χ4v) is 4.74. The molecule has 0 nitrogen and oxygen atoms in total. The zero-order valence-corrected chi connectivity index (χ0v) is 11.7. The Morgan fingerprint density at radius 1 is 0.714 bits per heavy atom. The molecule has 0 radical (unpaired) electrons. The normalized spacial score (nSPS) is 11.6. The van der Waals surface area contributed by atoms with Crippen LogP contribution in [0, 0.1) is 0 Å². The fourth-order valence-electron chi connectivity index (χ4n) is 1.51. The van der Waals surface area contributed by atoms with Gasteiger partial charge in [0, 0.05) is 9.40 Å². The first kappa shape index (κ1) is 9.33. The second-order valence-corrected chi connectivity index (χ2v) is 7.95. The van der Waals surface area contributed by atoms with E-state index in [4.69, 9.17) is 0 Å². The van der Waals surface area contributed by atoms with E-state index in [1.54, 1.807) is 22.7 Å². The van der Waals surface area contributed by atoms with Crippen LogP contribution in [0.25, 0.3) is 20.2 Å². The smallest absolute Gasteiger partial charge is 0.0711 e. The monoisotopic (exact) mass is 346 g/mol. The third-order valence-corrected chi connectivity index (χ3v) is 5.30. The molecule has 0 N–H and O–H groups in total. The predicted molar refractivity (Wildman–Crippen MR) is 72.6 cm³/mol. The summed E-state index contributed by atoms with van der Waals surface area (Å²) in [4.78, 5) is 0. The summed E-state index contributed by atoms with van der Waals surface area (Å²) in [6.45, 7) is 0. The third kappa shape index (κ3) is 1.45. The number of fused-ring (bicyclic) bond motifs is 2. The molecule has 0 bridgehead atoms. The van der Waals surface area contributed by atoms with Crippen molar-refractivity contribution in [3.63, 3.8) is 0 Å². The van der Waals surface area contributed by atoms with Crippen molar-refractivity contribution < 1.29 is 0 Å². The van der Waals surface area contributed by atoms with Crippen LogP contribution < -0.4 is 0 Å². The fraction of sp³-hybridized carbons (Fsp3) is 0. The molecule has 2 aromatic heterocycles. The Kier molecular flexibility index (Phi) is 2.20. The average Bonchev–Trinajstić information content (AvgIpc) is 2.59. The van der Waals surface area contributed by atoms with E-state index in [0.717, 1.165) is 0 Å². The van der Waals surface area contributed by atoms with Crippen molar-refractivity contribution >= 4 is 74.7 Å². The minimum atomic E-state index is 1.20. The van der Waals surface area contributed by atoms with Gasteiger partial charge in [-0.05, 0) is 66.9 Å². The topological polar surface area (TPSA) is 0 Å². The molecule has 2 heterocycles. The molecule has 1 aromatic carbocycles. The van der Waals surface area contributed by atoms with Gasteiger partial charge in [-0.3, -0.25) is 0 Å². The maximum absolute atomic E-state index is 3.51. The Hall–Kier alpha value is 0.1000. The van der Waals surface area contributed by atoms with Crippen LogP contribution >= 0.6 is 54.5 Å². The molecule has 0 aliphatic rings. The quantitative estimate of drug-likeness (QED) is 0.493. The number of hydrogen-bond acceptors (Lipinski definition) is 2. The number of hydrogen-bond donors (Lipinski definition) is 0. The Labute approximate surface area is 106 Å². The van der Waals surface area contributed by atoms with Crippen molar-refractivity contribution in [1.82, 2.24) is 0 Å². The largest absolute Gasteiger partial charge is 0.128 e. The third-order valence-electron chi connectivity index (χ3n) is 2.10. The van der Waals surface area contributed by atoms with Gasteiger partial charge in [0.05, 0.1) is 7.57 Å². The second kappa shape index (κ2) is 3.30. The van der Waals surface area contributed by atoms with Gasteiger partial charge in [0.25, 0.3) is 0 Å². The number of thiophene rings is 2. The number of benzene rings is 1. The molecule has 0 aliphatic carbocycles. The zero-order chi connectivity index (χ0) is 9.71. The molecule has 70 valence electrons. The molecular weight excluding hydrogens is 344 g/mol. The van der Waals surface area contributed by atoms with Crippen LogP contribution in [0.15, 0.2) is 31.8 Å². The van der Waals surface area contributed by atoms with Crippen LogP contribution in [0.2, 0.25) is 0 Å². The van der Waals surface area contributed by atoms with Crippen molar-refractivity contribution in [2.24, 2.45) is 0 Å². The molecule has 0 unspecified atom stereocenters. The predicted octanol–water partition coefficient (Wildman–Crippen LogP) is 5.64. The number of rotatable bonds is 0. The number of halogens is 2. The van der Waals surface area contributed by atoms with Crippen LogP contribution in [-0.4, -0.2) is 0 Å². The Morgan fingerprint density at radius 2 is 1.21 bits per heavy atom. The zero-order valence-electron chi connectivity index (χ0n) is 6.88. The molecule has 0 saturated heterocycles. The van der Waals surface area contributed by atoms with Crippen LogP contribution in [0.4, 0.5) is 0 Å². The molecule has 0 atom stereocenters. The summed E-state index contributed by atoms with van der Waals surface area (Å²) in [6.07, 6.45) is 0. The molecular formula is C10H4Br2S2. The highest BCUT2D eigenvalue weighted by Gasteiger charge is 2.04. The van der Waals surface area contributed by atoms with E-state index in [0.29, 0.717) is 0 Å². The minimum Gasteiger partial charge on any atom is -0.128 e. The lowest BCUT2D eigenvalue weighted by molar-refractivity contribution is 1.98. The van der Waals surface area contributed by atoms with Crippen LogP contribution in [0.1, 0.15) is 0 Å². The van der Waals surface area contributed by atoms with E-state index in [1.165, 1.54) is 27.7 Å². The van der Waals surface area contributed by atoms with Crippen molar-refractivity contribution in [1.29, 1.82) is 0 Å². The highest BCUT2D eigenvalue weighted by atomic mass is 79.9. The lowest BCUT2D eigenvalue weighted by Gasteiger charge is -1.89. The summed E-state index contributed by atoms with van der Waals surface area (Å²) in [5.41, 5.74) is 0. The maximum atomic E-state index is 3.51. The first-order chi connectivity index (χ1) is 6.72. The SMILES string of the molecule is Brc1cc2cc3cc(Br)sc3cc2s1. The molecule has 0 spiro atoms. The summed E-state index contributed by atoms with van der Waals surface area (Å²) < 4.78 is 5.09. The first-order valence-corrected chi connectivity index (χ1v) is 7.22. The van der Waals surface area contributed by atoms with Gasteiger partial charge in [0.15, 0.2) is 0 Å². The van der Waals surface area contributed by atoms with Crippen molar-refractivity contribution in [2.45, 2.75) is 0 Å². The van der Waals surface area contributed by atoms with E-state index >= 15 is 0 Å². The minimum absolute atomic E-state index is 1.20. The molecule has 4 heteroatoms. The summed E-state index contributed by atoms with van der Waals surface area (Å²) >= 11 is 10.6.